The van der Waals surface area contributed by atoms with Crippen LogP contribution in [-0.4, -0.2) is 55.0 Å². The van der Waals surface area contributed by atoms with Crippen molar-refractivity contribution in [3.05, 3.63) is 83.6 Å². The van der Waals surface area contributed by atoms with Gasteiger partial charge in [-0.1, -0.05) is 23.7 Å². The molecule has 4 rings (SSSR count). The zero-order valence-corrected chi connectivity index (χ0v) is 20.4. The number of hydrogen-bond donors (Lipinski definition) is 1. The summed E-state index contributed by atoms with van der Waals surface area (Å²) in [4.78, 5) is 34.0. The Bertz CT molecular complexity index is 1130. The molecule has 3 aromatic rings. The summed E-state index contributed by atoms with van der Waals surface area (Å²) in [5.41, 5.74) is 2.02. The van der Waals surface area contributed by atoms with E-state index < -0.39 is 0 Å². The standard InChI is InChI=1S/C27H29ClN4O3/c1-35-23-8-6-21(7-9-23)27(34)32(25-5-3-2-4-24(25)28)19-26(33)31-16-12-20(13-17-31)18-30-22-10-14-29-15-11-22/h2-11,14-15,20H,12-13,16-19H2,1H3,(H,29,30). The van der Waals surface area contributed by atoms with E-state index in [1.165, 1.54) is 4.90 Å². The van der Waals surface area contributed by atoms with E-state index in [1.54, 1.807) is 68.0 Å². The Kier molecular flexibility index (Phi) is 8.21. The Labute approximate surface area is 210 Å². The smallest absolute Gasteiger partial charge is 0.258 e. The minimum absolute atomic E-state index is 0.0749. The number of nitrogens with zero attached hydrogens (tertiary/aromatic N) is 3. The Morgan fingerprint density at radius 1 is 1.06 bits per heavy atom. The fourth-order valence-electron chi connectivity index (χ4n) is 4.18. The Morgan fingerprint density at radius 3 is 2.40 bits per heavy atom. The van der Waals surface area contributed by atoms with Gasteiger partial charge in [0.25, 0.3) is 5.91 Å². The number of benzene rings is 2. The maximum Gasteiger partial charge on any atom is 0.258 e. The molecule has 0 spiro atoms. The van der Waals surface area contributed by atoms with Crippen LogP contribution in [-0.2, 0) is 4.79 Å². The van der Waals surface area contributed by atoms with Gasteiger partial charge in [0, 0.05) is 43.3 Å². The van der Waals surface area contributed by atoms with Gasteiger partial charge in [-0.05, 0) is 67.3 Å². The molecule has 1 fully saturated rings. The number of para-hydroxylation sites is 1. The third-order valence-electron chi connectivity index (χ3n) is 6.26. The highest BCUT2D eigenvalue weighted by Crippen LogP contribution is 2.28. The predicted octanol–water partition coefficient (Wildman–Crippen LogP) is 4.74. The van der Waals surface area contributed by atoms with Gasteiger partial charge in [-0.3, -0.25) is 19.5 Å². The summed E-state index contributed by atoms with van der Waals surface area (Å²) in [6.45, 7) is 2.10. The molecule has 8 heteroatoms. The lowest BCUT2D eigenvalue weighted by Crippen LogP contribution is -2.46. The average molecular weight is 493 g/mol. The van der Waals surface area contributed by atoms with E-state index >= 15 is 0 Å². The van der Waals surface area contributed by atoms with Crippen molar-refractivity contribution in [2.45, 2.75) is 12.8 Å². The van der Waals surface area contributed by atoms with Crippen LogP contribution in [0.4, 0.5) is 11.4 Å². The quantitative estimate of drug-likeness (QED) is 0.491. The number of likely N-dealkylation sites (tertiary alicyclic amines) is 1. The molecule has 7 nitrogen and oxygen atoms in total. The number of carbonyl (C=O) groups excluding carboxylic acids is 2. The number of halogens is 1. The van der Waals surface area contributed by atoms with Gasteiger partial charge in [0.05, 0.1) is 17.8 Å². The maximum atomic E-state index is 13.4. The van der Waals surface area contributed by atoms with Crippen molar-refractivity contribution in [2.24, 2.45) is 5.92 Å². The first-order chi connectivity index (χ1) is 17.0. The highest BCUT2D eigenvalue weighted by atomic mass is 35.5. The Hall–Kier alpha value is -3.58. The van der Waals surface area contributed by atoms with Gasteiger partial charge in [-0.15, -0.1) is 0 Å². The number of aromatic nitrogens is 1. The maximum absolute atomic E-state index is 13.4. The second kappa shape index (κ2) is 11.7. The fourth-order valence-corrected chi connectivity index (χ4v) is 4.42. The molecule has 0 unspecified atom stereocenters. The molecular weight excluding hydrogens is 464 g/mol. The third-order valence-corrected chi connectivity index (χ3v) is 6.58. The van der Waals surface area contributed by atoms with E-state index in [2.05, 4.69) is 10.3 Å². The van der Waals surface area contributed by atoms with Crippen molar-refractivity contribution in [3.8, 4) is 5.75 Å². The summed E-state index contributed by atoms with van der Waals surface area (Å²) >= 11 is 6.42. The van der Waals surface area contributed by atoms with Crippen LogP contribution in [0.25, 0.3) is 0 Å². The first-order valence-corrected chi connectivity index (χ1v) is 12.0. The van der Waals surface area contributed by atoms with E-state index in [9.17, 15) is 9.59 Å². The van der Waals surface area contributed by atoms with Crippen molar-refractivity contribution in [2.75, 3.05) is 43.5 Å². The number of methoxy groups -OCH3 is 1. The van der Waals surface area contributed by atoms with E-state index in [0.717, 1.165) is 25.1 Å². The van der Waals surface area contributed by atoms with Crippen LogP contribution in [0.15, 0.2) is 73.1 Å². The van der Waals surface area contributed by atoms with Gasteiger partial charge >= 0.3 is 0 Å². The average Bonchev–Trinajstić information content (AvgIpc) is 2.91. The van der Waals surface area contributed by atoms with Crippen molar-refractivity contribution < 1.29 is 14.3 Å². The summed E-state index contributed by atoms with van der Waals surface area (Å²) in [6.07, 6.45) is 5.34. The summed E-state index contributed by atoms with van der Waals surface area (Å²) < 4.78 is 5.19. The molecule has 0 radical (unpaired) electrons. The number of rotatable bonds is 8. The van der Waals surface area contributed by atoms with Crippen LogP contribution < -0.4 is 15.0 Å². The first-order valence-electron chi connectivity index (χ1n) is 11.7. The number of carbonyl (C=O) groups is 2. The number of ether oxygens (including phenoxy) is 1. The lowest BCUT2D eigenvalue weighted by molar-refractivity contribution is -0.130. The van der Waals surface area contributed by atoms with Gasteiger partial charge < -0.3 is 15.0 Å². The van der Waals surface area contributed by atoms with Crippen molar-refractivity contribution in [1.82, 2.24) is 9.88 Å². The molecule has 1 aromatic heterocycles. The second-order valence-electron chi connectivity index (χ2n) is 8.51. The summed E-state index contributed by atoms with van der Waals surface area (Å²) in [5.74, 6) is 0.758. The molecular formula is C27H29ClN4O3. The van der Waals surface area contributed by atoms with Gasteiger partial charge in [-0.2, -0.15) is 0 Å². The monoisotopic (exact) mass is 492 g/mol. The summed E-state index contributed by atoms with van der Waals surface area (Å²) in [7, 11) is 1.57. The van der Waals surface area contributed by atoms with Gasteiger partial charge in [-0.25, -0.2) is 0 Å². The summed E-state index contributed by atoms with van der Waals surface area (Å²) in [6, 6.07) is 17.8. The molecule has 2 amide bonds. The van der Waals surface area contributed by atoms with Crippen molar-refractivity contribution in [1.29, 1.82) is 0 Å². The van der Waals surface area contributed by atoms with Crippen LogP contribution >= 0.6 is 11.6 Å². The zero-order chi connectivity index (χ0) is 24.6. The first kappa shape index (κ1) is 24.5. The minimum atomic E-state index is -0.287. The molecule has 1 aliphatic rings. The van der Waals surface area contributed by atoms with E-state index in [0.29, 0.717) is 41.0 Å². The van der Waals surface area contributed by atoms with E-state index in [1.807, 2.05) is 17.0 Å². The minimum Gasteiger partial charge on any atom is -0.497 e. The van der Waals surface area contributed by atoms with Crippen molar-refractivity contribution in [3.63, 3.8) is 0 Å². The molecule has 0 saturated carbocycles. The molecule has 1 aliphatic heterocycles. The zero-order valence-electron chi connectivity index (χ0n) is 19.7. The van der Waals surface area contributed by atoms with E-state index in [-0.39, 0.29) is 18.4 Å². The van der Waals surface area contributed by atoms with Crippen LogP contribution in [0.2, 0.25) is 5.02 Å². The SMILES string of the molecule is COc1ccc(C(=O)N(CC(=O)N2CCC(CNc3ccncc3)CC2)c2ccccc2Cl)cc1. The molecule has 0 atom stereocenters. The number of amides is 2. The molecule has 182 valence electrons. The van der Waals surface area contributed by atoms with E-state index in [4.69, 9.17) is 16.3 Å². The predicted molar refractivity (Wildman–Crippen MR) is 138 cm³/mol. The number of nitrogens with one attached hydrogen (secondary N) is 1. The molecule has 2 aromatic carbocycles. The Balaban J connectivity index is 1.41. The number of pyridine rings is 1. The number of anilines is 2. The molecule has 35 heavy (non-hydrogen) atoms. The molecule has 1 N–H and O–H groups in total. The molecule has 2 heterocycles. The molecule has 0 aliphatic carbocycles. The molecule has 0 bridgehead atoms. The highest BCUT2D eigenvalue weighted by Gasteiger charge is 2.28. The van der Waals surface area contributed by atoms with Crippen LogP contribution in [0.3, 0.4) is 0 Å². The van der Waals surface area contributed by atoms with Gasteiger partial charge in [0.2, 0.25) is 5.91 Å². The van der Waals surface area contributed by atoms with Gasteiger partial charge in [0.15, 0.2) is 0 Å². The normalized spacial score (nSPS) is 13.8. The fraction of sp³-hybridized carbons (Fsp3) is 0.296. The lowest BCUT2D eigenvalue weighted by atomic mass is 9.96. The lowest BCUT2D eigenvalue weighted by Gasteiger charge is -2.34. The van der Waals surface area contributed by atoms with Gasteiger partial charge in [0.1, 0.15) is 12.3 Å². The number of hydrogen-bond acceptors (Lipinski definition) is 5. The Morgan fingerprint density at radius 2 is 1.74 bits per heavy atom. The van der Waals surface area contributed by atoms with Crippen LogP contribution in [0, 0.1) is 5.92 Å². The van der Waals surface area contributed by atoms with Crippen molar-refractivity contribution >= 4 is 34.8 Å². The second-order valence-corrected chi connectivity index (χ2v) is 8.92. The largest absolute Gasteiger partial charge is 0.497 e. The number of piperidine rings is 1. The highest BCUT2D eigenvalue weighted by molar-refractivity contribution is 6.34. The van der Waals surface area contributed by atoms with Crippen LogP contribution in [0.1, 0.15) is 23.2 Å². The third kappa shape index (κ3) is 6.31. The summed E-state index contributed by atoms with van der Waals surface area (Å²) in [5, 5.41) is 3.86. The molecule has 1 saturated heterocycles. The van der Waals surface area contributed by atoms with Crippen LogP contribution in [0.5, 0.6) is 5.75 Å². The topological polar surface area (TPSA) is 74.8 Å².